The van der Waals surface area contributed by atoms with Crippen LogP contribution in [0.1, 0.15) is 113 Å². The maximum atomic E-state index is 14.8. The summed E-state index contributed by atoms with van der Waals surface area (Å²) in [6.45, 7) is 7.22. The first-order valence-corrected chi connectivity index (χ1v) is 31.6. The highest BCUT2D eigenvalue weighted by Gasteiger charge is 2.51. The minimum atomic E-state index is -5.94. The number of primary amides is 1. The number of fused-ring (bicyclic) bond motifs is 3. The molecule has 5 aliphatic heterocycles. The lowest BCUT2D eigenvalue weighted by atomic mass is 9.86. The number of rotatable bonds is 21. The minimum Gasteiger partial charge on any atom is -0.384 e. The summed E-state index contributed by atoms with van der Waals surface area (Å²) in [6, 6.07) is 8.89. The molecule has 9 rings (SSSR count). The largest absolute Gasteiger partial charge is 0.399 e. The Morgan fingerprint density at radius 1 is 0.809 bits per heavy atom. The number of alkyl halides is 4. The van der Waals surface area contributed by atoms with E-state index in [4.69, 9.17) is 5.73 Å². The quantitative estimate of drug-likeness (QED) is 0.0338. The number of carbonyl (C=O) groups is 10. The van der Waals surface area contributed by atoms with Crippen LogP contribution in [0.15, 0.2) is 66.7 Å². The topological polar surface area (TPSA) is 331 Å². The molecule has 0 spiro atoms. The molecule has 0 bridgehead atoms. The van der Waals surface area contributed by atoms with Gasteiger partial charge in [0, 0.05) is 93.6 Å². The Balaban J connectivity index is 0.869. The van der Waals surface area contributed by atoms with Gasteiger partial charge in [0.1, 0.15) is 30.2 Å². The monoisotopic (exact) mass is 1280 g/mol. The highest BCUT2D eigenvalue weighted by Crippen LogP contribution is 2.59. The van der Waals surface area contributed by atoms with Crippen LogP contribution in [0.3, 0.4) is 0 Å². The van der Waals surface area contributed by atoms with Gasteiger partial charge < -0.3 is 46.6 Å². The Kier molecular flexibility index (Phi) is 19.8. The van der Waals surface area contributed by atoms with E-state index >= 15 is 0 Å². The van der Waals surface area contributed by atoms with Crippen molar-refractivity contribution >= 4 is 93.8 Å². The first-order chi connectivity index (χ1) is 42.0. The predicted octanol–water partition coefficient (Wildman–Crippen LogP) is 2.99. The number of nitrogens with zero attached hydrogens (tertiary/aromatic N) is 5. The standard InChI is InChI=1S/C59H70F4N11O13PS/c1-58(2,3)34-6-4-32(5-7-34)26-41(56(83)72-24-22-70(23-25-72)21-19-65-36-9-11-38-39(29-36)55(82)74(54(38)81)44-14-17-49(76)69-52(44)79)67-50(77)40(12-16-48(64)75)66-51(78)43-13-10-37-18-20-71(31-47(60)61)30-42(57(84)73(37)43)68-53(80)46-28-33-27-35(8-15-45(33)89-46)59(62,63)88(85,86)87/h4-9,11,15,27-29,37,40-44,47,65H,10,12-14,16-26,30-31H2,1-3H3,(H2,64,75)(H,66,78)(H,67,77)(H,68,80)(H,69,76,79)(H2,85,86,87)/t37-,40+,41+,42+,43+,44?/m1/s1. The Morgan fingerprint density at radius 2 is 1.51 bits per heavy atom. The Morgan fingerprint density at radius 3 is 2.17 bits per heavy atom. The van der Waals surface area contributed by atoms with Crippen LogP contribution in [-0.4, -0.2) is 195 Å². The number of amides is 10. The Labute approximate surface area is 512 Å². The zero-order valence-corrected chi connectivity index (χ0v) is 50.7. The average molecular weight is 1280 g/mol. The van der Waals surface area contributed by atoms with E-state index in [0.717, 1.165) is 40.0 Å². The molecule has 9 N–H and O–H groups in total. The third-order valence-electron chi connectivity index (χ3n) is 16.8. The average Bonchev–Trinajstić information content (AvgIpc) is 1.70. The second kappa shape index (κ2) is 26.8. The second-order valence-electron chi connectivity index (χ2n) is 24.0. The second-order valence-corrected chi connectivity index (χ2v) is 26.7. The number of nitrogens with one attached hydrogen (secondary N) is 5. The highest BCUT2D eigenvalue weighted by atomic mass is 32.1. The van der Waals surface area contributed by atoms with Gasteiger partial charge in [0.05, 0.1) is 22.5 Å². The van der Waals surface area contributed by atoms with E-state index in [1.54, 1.807) is 17.0 Å². The number of piperazine rings is 1. The number of nitrogens with two attached hydrogens (primary N) is 1. The summed E-state index contributed by atoms with van der Waals surface area (Å²) in [5.74, 6) is -7.08. The molecule has 10 amide bonds. The molecule has 30 heteroatoms. The molecule has 0 radical (unpaired) electrons. The van der Waals surface area contributed by atoms with E-state index in [1.165, 1.54) is 21.9 Å². The van der Waals surface area contributed by atoms with Crippen molar-refractivity contribution in [2.24, 2.45) is 5.73 Å². The third-order valence-corrected chi connectivity index (χ3v) is 18.9. The fraction of sp³-hybridized carbons (Fsp3) is 0.492. The van der Waals surface area contributed by atoms with Gasteiger partial charge in [-0.15, -0.1) is 11.3 Å². The van der Waals surface area contributed by atoms with Gasteiger partial charge in [0.15, 0.2) is 0 Å². The van der Waals surface area contributed by atoms with Crippen molar-refractivity contribution in [1.29, 1.82) is 0 Å². The number of hydrogen-bond donors (Lipinski definition) is 8. The molecule has 6 heterocycles. The maximum Gasteiger partial charge on any atom is 0.399 e. The molecular formula is C59H70F4N11O13PS. The highest BCUT2D eigenvalue weighted by molar-refractivity contribution is 7.52. The normalized spacial score (nSPS) is 21.2. The van der Waals surface area contributed by atoms with E-state index in [1.807, 2.05) is 45.0 Å². The molecule has 1 unspecified atom stereocenters. The molecule has 0 saturated carbocycles. The number of piperidine rings is 1. The zero-order valence-electron chi connectivity index (χ0n) is 49.0. The molecule has 4 fully saturated rings. The van der Waals surface area contributed by atoms with Crippen molar-refractivity contribution < 1.29 is 79.9 Å². The fourth-order valence-corrected chi connectivity index (χ4v) is 13.4. The minimum absolute atomic E-state index is 0.00958. The SMILES string of the molecule is CC(C)(C)c1ccc(C[C@H](NC(=O)[C@H](CCC(N)=O)NC(=O)[C@@H]2CC[C@@H]3CCN(CC(F)F)C[C@H](NC(=O)c4cc5cc(C(F)(F)P(=O)(O)O)ccc5s4)C(=O)N32)C(=O)N2CCN(CCNc3ccc4c(c3)C(=O)N(C3CCC(=O)NC3=O)C4=O)CC2)cc1. The third kappa shape index (κ3) is 15.0. The lowest BCUT2D eigenvalue weighted by Gasteiger charge is -2.39. The summed E-state index contributed by atoms with van der Waals surface area (Å²) < 4.78 is 69.0. The number of halogens is 4. The number of benzene rings is 3. The molecule has 1 aromatic heterocycles. The maximum absolute atomic E-state index is 14.8. The molecule has 0 aliphatic carbocycles. The zero-order chi connectivity index (χ0) is 64.4. The van der Waals surface area contributed by atoms with E-state index in [2.05, 4.69) is 31.5 Å². The molecule has 478 valence electrons. The predicted molar refractivity (Wildman–Crippen MR) is 315 cm³/mol. The van der Waals surface area contributed by atoms with Crippen molar-refractivity contribution in [3.05, 3.63) is 99.4 Å². The van der Waals surface area contributed by atoms with E-state index in [9.17, 15) is 79.9 Å². The molecule has 89 heavy (non-hydrogen) atoms. The van der Waals surface area contributed by atoms with Crippen molar-refractivity contribution in [3.8, 4) is 0 Å². The van der Waals surface area contributed by atoms with Crippen molar-refractivity contribution in [3.63, 3.8) is 0 Å². The van der Waals surface area contributed by atoms with Crippen molar-refractivity contribution in [2.75, 3.05) is 64.2 Å². The smallest absolute Gasteiger partial charge is 0.384 e. The number of thiophene rings is 1. The number of hydrogen-bond acceptors (Lipinski definition) is 15. The molecule has 4 aromatic rings. The molecule has 24 nitrogen and oxygen atoms in total. The van der Waals surface area contributed by atoms with E-state index in [0.29, 0.717) is 37.4 Å². The molecule has 6 atom stereocenters. The van der Waals surface area contributed by atoms with E-state index in [-0.39, 0.29) is 103 Å². The van der Waals surface area contributed by atoms with Gasteiger partial charge in [0.2, 0.25) is 41.4 Å². The lowest BCUT2D eigenvalue weighted by molar-refractivity contribution is -0.144. The molecular weight excluding hydrogens is 1210 g/mol. The summed E-state index contributed by atoms with van der Waals surface area (Å²) in [5.41, 5.74) is 2.33. The van der Waals surface area contributed by atoms with Gasteiger partial charge in [0.25, 0.3) is 24.1 Å². The first-order valence-electron chi connectivity index (χ1n) is 29.2. The van der Waals surface area contributed by atoms with Crippen LogP contribution in [0.25, 0.3) is 10.1 Å². The molecule has 3 aromatic carbocycles. The van der Waals surface area contributed by atoms with Gasteiger partial charge in [-0.2, -0.15) is 8.78 Å². The fourth-order valence-electron chi connectivity index (χ4n) is 11.9. The summed E-state index contributed by atoms with van der Waals surface area (Å²) in [4.78, 5) is 161. The van der Waals surface area contributed by atoms with Crippen LogP contribution in [0, 0.1) is 0 Å². The molecule has 5 aliphatic rings. The van der Waals surface area contributed by atoms with Crippen LogP contribution in [-0.2, 0) is 55.6 Å². The van der Waals surface area contributed by atoms with Crippen LogP contribution in [0.5, 0.6) is 0 Å². The number of carbonyl (C=O) groups excluding carboxylic acids is 10. The van der Waals surface area contributed by atoms with Crippen LogP contribution >= 0.6 is 18.9 Å². The van der Waals surface area contributed by atoms with Crippen molar-refractivity contribution in [2.45, 2.75) is 126 Å². The summed E-state index contributed by atoms with van der Waals surface area (Å²) in [7, 11) is -5.94. The van der Waals surface area contributed by atoms with Crippen molar-refractivity contribution in [1.82, 2.24) is 45.8 Å². The van der Waals surface area contributed by atoms with Gasteiger partial charge in [-0.1, -0.05) is 51.1 Å². The Bertz CT molecular complexity index is 3500. The van der Waals surface area contributed by atoms with Gasteiger partial charge >= 0.3 is 13.3 Å². The summed E-state index contributed by atoms with van der Waals surface area (Å²) in [5, 5.41) is 13.6. The molecule has 4 saturated heterocycles. The summed E-state index contributed by atoms with van der Waals surface area (Å²) in [6.07, 6.45) is -3.10. The van der Waals surface area contributed by atoms with Gasteiger partial charge in [-0.05, 0) is 90.4 Å². The van der Waals surface area contributed by atoms with Gasteiger partial charge in [-0.3, -0.25) is 72.5 Å². The van der Waals surface area contributed by atoms with Gasteiger partial charge in [-0.25, -0.2) is 8.78 Å². The lowest BCUT2D eigenvalue weighted by Crippen LogP contribution is -2.62. The van der Waals surface area contributed by atoms with E-state index < -0.39 is 134 Å². The summed E-state index contributed by atoms with van der Waals surface area (Å²) >= 11 is 0.806. The van der Waals surface area contributed by atoms with Crippen LogP contribution in [0.2, 0.25) is 0 Å². The number of anilines is 1. The van der Waals surface area contributed by atoms with Crippen LogP contribution in [0.4, 0.5) is 23.2 Å². The van der Waals surface area contributed by atoms with Crippen LogP contribution < -0.4 is 32.3 Å². The Hall–Kier alpha value is -7.69. The first kappa shape index (κ1) is 65.7. The number of imide groups is 2.